The largest absolute Gasteiger partial charge is 0.379 e. The number of rotatable bonds is 3. The number of hydrogen-bond acceptors (Lipinski definition) is 1. The molecular weight excluding hydrogens is 272 g/mol. The third-order valence-corrected chi connectivity index (χ3v) is 3.27. The number of nitrogens with one attached hydrogen (secondary N) is 1. The van der Waals surface area contributed by atoms with Gasteiger partial charge in [0.05, 0.1) is 10.7 Å². The Morgan fingerprint density at radius 1 is 1.11 bits per heavy atom. The zero-order valence-electron chi connectivity index (χ0n) is 9.81. The van der Waals surface area contributed by atoms with Gasteiger partial charge in [-0.3, -0.25) is 0 Å². The Labute approximate surface area is 116 Å². The van der Waals surface area contributed by atoms with Crippen LogP contribution in [-0.4, -0.2) is 0 Å². The minimum atomic E-state index is -0.442. The van der Waals surface area contributed by atoms with E-state index in [-0.39, 0.29) is 5.02 Å². The third kappa shape index (κ3) is 2.95. The van der Waals surface area contributed by atoms with Crippen LogP contribution in [0.2, 0.25) is 10.0 Å². The zero-order valence-corrected chi connectivity index (χ0v) is 11.3. The number of hydrogen-bond donors (Lipinski definition) is 1. The van der Waals surface area contributed by atoms with Crippen LogP contribution in [0.4, 0.5) is 10.1 Å². The average molecular weight is 284 g/mol. The lowest BCUT2D eigenvalue weighted by Gasteiger charge is -2.10. The number of anilines is 1. The molecule has 0 aromatic heterocycles. The maximum absolute atomic E-state index is 13.6. The number of halogens is 3. The van der Waals surface area contributed by atoms with Crippen molar-refractivity contribution in [3.8, 4) is 0 Å². The van der Waals surface area contributed by atoms with Crippen molar-refractivity contribution < 1.29 is 4.39 Å². The van der Waals surface area contributed by atoms with Gasteiger partial charge in [-0.25, -0.2) is 4.39 Å². The average Bonchev–Trinajstić information content (AvgIpc) is 2.33. The molecule has 94 valence electrons. The van der Waals surface area contributed by atoms with Crippen molar-refractivity contribution in [2.75, 3.05) is 5.32 Å². The van der Waals surface area contributed by atoms with E-state index in [2.05, 4.69) is 5.32 Å². The molecule has 1 N–H and O–H groups in total. The number of benzene rings is 2. The van der Waals surface area contributed by atoms with Gasteiger partial charge in [0.25, 0.3) is 0 Å². The second-order valence-corrected chi connectivity index (χ2v) is 4.86. The lowest BCUT2D eigenvalue weighted by atomic mass is 10.1. The number of aryl methyl sites for hydroxylation is 1. The van der Waals surface area contributed by atoms with Crippen LogP contribution in [0.3, 0.4) is 0 Å². The fraction of sp³-hybridized carbons (Fsp3) is 0.143. The van der Waals surface area contributed by atoms with Crippen molar-refractivity contribution in [2.45, 2.75) is 13.5 Å². The summed E-state index contributed by atoms with van der Waals surface area (Å²) in [6, 6.07) is 10.6. The van der Waals surface area contributed by atoms with Gasteiger partial charge in [-0.15, -0.1) is 0 Å². The molecule has 0 aliphatic carbocycles. The van der Waals surface area contributed by atoms with E-state index in [4.69, 9.17) is 23.2 Å². The summed E-state index contributed by atoms with van der Waals surface area (Å²) < 4.78 is 13.6. The molecule has 0 saturated carbocycles. The van der Waals surface area contributed by atoms with E-state index in [1.165, 1.54) is 6.07 Å². The summed E-state index contributed by atoms with van der Waals surface area (Å²) in [5.41, 5.74) is 2.39. The quantitative estimate of drug-likeness (QED) is 0.831. The topological polar surface area (TPSA) is 12.0 Å². The molecular formula is C14H12Cl2FN. The molecule has 0 heterocycles. The fourth-order valence-electron chi connectivity index (χ4n) is 1.63. The van der Waals surface area contributed by atoms with Crippen LogP contribution in [0.1, 0.15) is 11.1 Å². The fourth-order valence-corrected chi connectivity index (χ4v) is 2.10. The summed E-state index contributed by atoms with van der Waals surface area (Å²) in [5.74, 6) is -0.442. The van der Waals surface area contributed by atoms with Gasteiger partial charge in [0.15, 0.2) is 5.82 Å². The van der Waals surface area contributed by atoms with Crippen molar-refractivity contribution in [3.63, 3.8) is 0 Å². The molecule has 0 bridgehead atoms. The Bertz CT molecular complexity index is 570. The minimum Gasteiger partial charge on any atom is -0.379 e. The molecule has 2 aromatic rings. The van der Waals surface area contributed by atoms with Crippen molar-refractivity contribution >= 4 is 28.9 Å². The summed E-state index contributed by atoms with van der Waals surface area (Å²) in [6.45, 7) is 2.43. The SMILES string of the molecule is Cc1ccc(CNc2cccc(Cl)c2F)c(Cl)c1. The van der Waals surface area contributed by atoms with Gasteiger partial charge in [-0.1, -0.05) is 41.4 Å². The molecule has 18 heavy (non-hydrogen) atoms. The first kappa shape index (κ1) is 13.2. The molecule has 0 atom stereocenters. The van der Waals surface area contributed by atoms with Crippen molar-refractivity contribution in [1.29, 1.82) is 0 Å². The minimum absolute atomic E-state index is 0.106. The van der Waals surface area contributed by atoms with E-state index in [0.717, 1.165) is 11.1 Å². The van der Waals surface area contributed by atoms with Gasteiger partial charge in [-0.2, -0.15) is 0 Å². The Kier molecular flexibility index (Phi) is 4.10. The van der Waals surface area contributed by atoms with Gasteiger partial charge in [-0.05, 0) is 36.2 Å². The summed E-state index contributed by atoms with van der Waals surface area (Å²) in [6.07, 6.45) is 0. The Balaban J connectivity index is 2.14. The molecule has 0 radical (unpaired) electrons. The van der Waals surface area contributed by atoms with Crippen LogP contribution in [0, 0.1) is 12.7 Å². The lowest BCUT2D eigenvalue weighted by molar-refractivity contribution is 0.630. The molecule has 2 rings (SSSR count). The van der Waals surface area contributed by atoms with Crippen LogP contribution in [-0.2, 0) is 6.54 Å². The van der Waals surface area contributed by atoms with E-state index in [1.807, 2.05) is 25.1 Å². The first-order chi connectivity index (χ1) is 8.58. The van der Waals surface area contributed by atoms with Crippen LogP contribution >= 0.6 is 23.2 Å². The molecule has 4 heteroatoms. The second-order valence-electron chi connectivity index (χ2n) is 4.05. The Hall–Kier alpha value is -1.25. The van der Waals surface area contributed by atoms with Gasteiger partial charge in [0, 0.05) is 11.6 Å². The predicted octanol–water partition coefficient (Wildman–Crippen LogP) is 5.05. The molecule has 0 saturated heterocycles. The third-order valence-electron chi connectivity index (χ3n) is 2.63. The van der Waals surface area contributed by atoms with Gasteiger partial charge < -0.3 is 5.32 Å². The summed E-state index contributed by atoms with van der Waals surface area (Å²) in [7, 11) is 0. The summed E-state index contributed by atoms with van der Waals surface area (Å²) >= 11 is 11.8. The normalized spacial score (nSPS) is 10.4. The zero-order chi connectivity index (χ0) is 13.1. The highest BCUT2D eigenvalue weighted by molar-refractivity contribution is 6.31. The maximum atomic E-state index is 13.6. The van der Waals surface area contributed by atoms with Crippen molar-refractivity contribution in [2.24, 2.45) is 0 Å². The monoisotopic (exact) mass is 283 g/mol. The maximum Gasteiger partial charge on any atom is 0.164 e. The van der Waals surface area contributed by atoms with Gasteiger partial charge >= 0.3 is 0 Å². The highest BCUT2D eigenvalue weighted by Gasteiger charge is 2.06. The first-order valence-electron chi connectivity index (χ1n) is 5.51. The van der Waals surface area contributed by atoms with E-state index in [0.29, 0.717) is 17.3 Å². The molecule has 0 fully saturated rings. The smallest absolute Gasteiger partial charge is 0.164 e. The highest BCUT2D eigenvalue weighted by atomic mass is 35.5. The molecule has 0 aliphatic heterocycles. The van der Waals surface area contributed by atoms with E-state index >= 15 is 0 Å². The van der Waals surface area contributed by atoms with Crippen LogP contribution in [0.5, 0.6) is 0 Å². The van der Waals surface area contributed by atoms with Gasteiger partial charge in [0.2, 0.25) is 0 Å². The molecule has 1 nitrogen and oxygen atoms in total. The van der Waals surface area contributed by atoms with Crippen LogP contribution in [0.25, 0.3) is 0 Å². The Morgan fingerprint density at radius 2 is 1.89 bits per heavy atom. The molecule has 0 amide bonds. The molecule has 2 aromatic carbocycles. The van der Waals surface area contributed by atoms with E-state index < -0.39 is 5.82 Å². The van der Waals surface area contributed by atoms with Crippen molar-refractivity contribution in [3.05, 3.63) is 63.4 Å². The van der Waals surface area contributed by atoms with E-state index in [9.17, 15) is 4.39 Å². The van der Waals surface area contributed by atoms with Gasteiger partial charge in [0.1, 0.15) is 0 Å². The predicted molar refractivity (Wildman–Crippen MR) is 74.9 cm³/mol. The summed E-state index contributed by atoms with van der Waals surface area (Å²) in [5, 5.41) is 3.76. The molecule has 0 spiro atoms. The molecule has 0 unspecified atom stereocenters. The first-order valence-corrected chi connectivity index (χ1v) is 6.26. The van der Waals surface area contributed by atoms with Crippen LogP contribution < -0.4 is 5.32 Å². The van der Waals surface area contributed by atoms with E-state index in [1.54, 1.807) is 12.1 Å². The molecule has 0 aliphatic rings. The summed E-state index contributed by atoms with van der Waals surface area (Å²) in [4.78, 5) is 0. The van der Waals surface area contributed by atoms with Crippen molar-refractivity contribution in [1.82, 2.24) is 0 Å². The standard InChI is InChI=1S/C14H12Cl2FN/c1-9-5-6-10(12(16)7-9)8-18-13-4-2-3-11(15)14(13)17/h2-7,18H,8H2,1H3. The lowest BCUT2D eigenvalue weighted by Crippen LogP contribution is -2.02. The Morgan fingerprint density at radius 3 is 2.61 bits per heavy atom. The highest BCUT2D eigenvalue weighted by Crippen LogP contribution is 2.24. The second kappa shape index (κ2) is 5.59. The van der Waals surface area contributed by atoms with Crippen LogP contribution in [0.15, 0.2) is 36.4 Å².